The summed E-state index contributed by atoms with van der Waals surface area (Å²) in [7, 11) is 1.71. The Morgan fingerprint density at radius 2 is 1.83 bits per heavy atom. The Morgan fingerprint density at radius 3 is 2.47 bits per heavy atom. The van der Waals surface area contributed by atoms with Gasteiger partial charge in [0.15, 0.2) is 0 Å². The van der Waals surface area contributed by atoms with Crippen molar-refractivity contribution in [3.8, 4) is 0 Å². The summed E-state index contributed by atoms with van der Waals surface area (Å²) in [5, 5.41) is 11.6. The van der Waals surface area contributed by atoms with Crippen molar-refractivity contribution in [2.45, 2.75) is 25.2 Å². The minimum absolute atomic E-state index is 0.0185. The molecule has 1 amide bonds. The third kappa shape index (κ3) is 4.19. The highest BCUT2D eigenvalue weighted by molar-refractivity contribution is 6.31. The summed E-state index contributed by atoms with van der Waals surface area (Å²) in [6, 6.07) is 5.59. The fourth-order valence-corrected chi connectivity index (χ4v) is 5.61. The molecule has 2 aliphatic rings. The molecule has 7 nitrogen and oxygen atoms in total. The number of hydrogen-bond donors (Lipinski definition) is 2. The third-order valence-electron chi connectivity index (χ3n) is 7.08. The number of amides is 1. The minimum Gasteiger partial charge on any atom is -0.478 e. The molecular weight excluding hydrogens is 497 g/mol. The van der Waals surface area contributed by atoms with E-state index < -0.39 is 34.9 Å². The van der Waals surface area contributed by atoms with E-state index in [1.165, 1.54) is 18.2 Å². The van der Waals surface area contributed by atoms with E-state index in [0.717, 1.165) is 25.0 Å². The van der Waals surface area contributed by atoms with Crippen molar-refractivity contribution in [3.63, 3.8) is 0 Å². The Morgan fingerprint density at radius 1 is 1.14 bits per heavy atom. The van der Waals surface area contributed by atoms with Crippen LogP contribution >= 0.6 is 11.6 Å². The summed E-state index contributed by atoms with van der Waals surface area (Å²) in [5.74, 6) is -4.20. The average Bonchev–Trinajstić information content (AvgIpc) is 3.39. The van der Waals surface area contributed by atoms with E-state index >= 15 is 0 Å². The third-order valence-corrected chi connectivity index (χ3v) is 7.37. The Kier molecular flexibility index (Phi) is 5.94. The maximum Gasteiger partial charge on any atom is 0.335 e. The zero-order chi connectivity index (χ0) is 25.8. The summed E-state index contributed by atoms with van der Waals surface area (Å²) in [6.45, 7) is 0.846. The van der Waals surface area contributed by atoms with Crippen LogP contribution in [0.15, 0.2) is 36.7 Å². The SMILES string of the molecule is Cn1cnc(C2CCC3(C2)CN(c2c(F)cc(C(=O)O)cc2F)C3)c1C(=O)Nc1ccc(F)c(Cl)c1. The number of halogens is 4. The van der Waals surface area contributed by atoms with Gasteiger partial charge in [-0.2, -0.15) is 0 Å². The largest absolute Gasteiger partial charge is 0.478 e. The molecule has 1 aliphatic carbocycles. The second-order valence-electron chi connectivity index (χ2n) is 9.56. The van der Waals surface area contributed by atoms with Crippen molar-refractivity contribution in [1.82, 2.24) is 9.55 Å². The molecule has 1 aliphatic heterocycles. The number of aryl methyl sites for hydroxylation is 1. The molecule has 188 valence electrons. The lowest BCUT2D eigenvalue weighted by Gasteiger charge is -2.50. The first-order chi connectivity index (χ1) is 17.1. The maximum atomic E-state index is 14.5. The monoisotopic (exact) mass is 518 g/mol. The lowest BCUT2D eigenvalue weighted by Crippen LogP contribution is -2.55. The molecule has 2 aromatic carbocycles. The second kappa shape index (κ2) is 8.85. The number of carboxylic acids is 1. The fraction of sp³-hybridized carbons (Fsp3) is 0.320. The molecule has 0 bridgehead atoms. The van der Waals surface area contributed by atoms with Crippen LogP contribution < -0.4 is 10.2 Å². The number of aromatic carboxylic acids is 1. The normalized spacial score (nSPS) is 18.4. The van der Waals surface area contributed by atoms with Gasteiger partial charge in [-0.25, -0.2) is 22.9 Å². The molecule has 2 N–H and O–H groups in total. The number of carboxylic acid groups (broad SMARTS) is 1. The zero-order valence-electron chi connectivity index (χ0n) is 19.2. The number of carbonyl (C=O) groups is 2. The number of carbonyl (C=O) groups excluding carboxylic acids is 1. The van der Waals surface area contributed by atoms with Crippen molar-refractivity contribution in [3.05, 3.63) is 76.1 Å². The first kappa shape index (κ1) is 24.2. The summed E-state index contributed by atoms with van der Waals surface area (Å²) < 4.78 is 44.1. The molecule has 1 atom stereocenters. The summed E-state index contributed by atoms with van der Waals surface area (Å²) in [4.78, 5) is 30.2. The van der Waals surface area contributed by atoms with E-state index in [-0.39, 0.29) is 22.0 Å². The molecule has 3 aromatic rings. The molecular formula is C25H22ClF3N4O3. The molecule has 1 spiro atoms. The number of aromatic nitrogens is 2. The Labute approximate surface area is 209 Å². The summed E-state index contributed by atoms with van der Waals surface area (Å²) >= 11 is 5.82. The predicted molar refractivity (Wildman–Crippen MR) is 127 cm³/mol. The van der Waals surface area contributed by atoms with Crippen LogP contribution in [-0.2, 0) is 7.05 Å². The first-order valence-corrected chi connectivity index (χ1v) is 11.7. The molecule has 1 aromatic heterocycles. The molecule has 2 fully saturated rings. The van der Waals surface area contributed by atoms with E-state index in [2.05, 4.69) is 10.3 Å². The highest BCUT2D eigenvalue weighted by Crippen LogP contribution is 2.53. The average molecular weight is 519 g/mol. The van der Waals surface area contributed by atoms with Gasteiger partial charge in [-0.1, -0.05) is 11.6 Å². The van der Waals surface area contributed by atoms with Crippen LogP contribution in [0.2, 0.25) is 5.02 Å². The minimum atomic E-state index is -1.39. The zero-order valence-corrected chi connectivity index (χ0v) is 20.0. The lowest BCUT2D eigenvalue weighted by molar-refractivity contribution is 0.0695. The number of hydrogen-bond acceptors (Lipinski definition) is 4. The van der Waals surface area contributed by atoms with Crippen molar-refractivity contribution in [2.75, 3.05) is 23.3 Å². The van der Waals surface area contributed by atoms with Crippen molar-refractivity contribution in [2.24, 2.45) is 12.5 Å². The lowest BCUT2D eigenvalue weighted by atomic mass is 9.77. The van der Waals surface area contributed by atoms with E-state index in [9.17, 15) is 22.8 Å². The van der Waals surface area contributed by atoms with E-state index in [1.54, 1.807) is 22.8 Å². The van der Waals surface area contributed by atoms with Gasteiger partial charge in [-0.3, -0.25) is 4.79 Å². The highest BCUT2D eigenvalue weighted by Gasteiger charge is 2.50. The van der Waals surface area contributed by atoms with Crippen LogP contribution in [0.4, 0.5) is 24.5 Å². The molecule has 0 radical (unpaired) electrons. The summed E-state index contributed by atoms with van der Waals surface area (Å²) in [6.07, 6.45) is 3.82. The maximum absolute atomic E-state index is 14.5. The quantitative estimate of drug-likeness (QED) is 0.484. The van der Waals surface area contributed by atoms with Crippen LogP contribution in [0.1, 0.15) is 51.7 Å². The smallest absolute Gasteiger partial charge is 0.335 e. The van der Waals surface area contributed by atoms with Gasteiger partial charge in [-0.15, -0.1) is 0 Å². The van der Waals surface area contributed by atoms with Gasteiger partial charge in [0.1, 0.15) is 28.8 Å². The van der Waals surface area contributed by atoms with Crippen LogP contribution in [0.25, 0.3) is 0 Å². The van der Waals surface area contributed by atoms with Crippen LogP contribution in [0.3, 0.4) is 0 Å². The van der Waals surface area contributed by atoms with Gasteiger partial charge in [0.2, 0.25) is 0 Å². The van der Waals surface area contributed by atoms with Crippen LogP contribution in [0, 0.1) is 22.9 Å². The fourth-order valence-electron chi connectivity index (χ4n) is 5.43. The molecule has 11 heteroatoms. The number of benzene rings is 2. The molecule has 1 saturated heterocycles. The topological polar surface area (TPSA) is 87.5 Å². The van der Waals surface area contributed by atoms with Crippen LogP contribution in [-0.4, -0.2) is 39.6 Å². The highest BCUT2D eigenvalue weighted by atomic mass is 35.5. The standard InChI is InChI=1S/C25H22ClF3N4O3/c1-32-12-30-20(22(32)23(34)31-15-2-3-17(27)16(26)8-15)13-4-5-25(9-13)10-33(11-25)21-18(28)6-14(24(35)36)7-19(21)29/h2-3,6-8,12-13H,4-5,9-11H2,1H3,(H,31,34)(H,35,36). The second-order valence-corrected chi connectivity index (χ2v) is 9.97. The Hall–Kier alpha value is -3.53. The number of nitrogens with one attached hydrogen (secondary N) is 1. The van der Waals surface area contributed by atoms with Gasteiger partial charge in [0.25, 0.3) is 5.91 Å². The van der Waals surface area contributed by atoms with Gasteiger partial charge in [0.05, 0.1) is 22.6 Å². The first-order valence-electron chi connectivity index (χ1n) is 11.3. The van der Waals surface area contributed by atoms with Gasteiger partial charge < -0.3 is 19.9 Å². The predicted octanol–water partition coefficient (Wildman–Crippen LogP) is 5.22. The summed E-state index contributed by atoms with van der Waals surface area (Å²) in [5.41, 5.74) is 0.551. The van der Waals surface area contributed by atoms with Gasteiger partial charge >= 0.3 is 5.97 Å². The molecule has 36 heavy (non-hydrogen) atoms. The van der Waals surface area contributed by atoms with Gasteiger partial charge in [0, 0.05) is 37.2 Å². The van der Waals surface area contributed by atoms with Crippen molar-refractivity contribution < 1.29 is 27.9 Å². The number of imidazole rings is 1. The Balaban J connectivity index is 1.30. The molecule has 2 heterocycles. The van der Waals surface area contributed by atoms with Gasteiger partial charge in [-0.05, 0) is 49.6 Å². The molecule has 1 unspecified atom stereocenters. The van der Waals surface area contributed by atoms with Crippen molar-refractivity contribution >= 4 is 34.9 Å². The Bertz CT molecular complexity index is 1360. The number of rotatable bonds is 5. The van der Waals surface area contributed by atoms with E-state index in [4.69, 9.17) is 16.7 Å². The van der Waals surface area contributed by atoms with E-state index in [1.807, 2.05) is 0 Å². The molecule has 5 rings (SSSR count). The number of anilines is 2. The number of nitrogens with zero attached hydrogens (tertiary/aromatic N) is 3. The van der Waals surface area contributed by atoms with Crippen molar-refractivity contribution in [1.29, 1.82) is 0 Å². The van der Waals surface area contributed by atoms with Crippen LogP contribution in [0.5, 0.6) is 0 Å². The van der Waals surface area contributed by atoms with E-state index in [0.29, 0.717) is 36.6 Å². The molecule has 1 saturated carbocycles.